The molecule has 3 fully saturated rings. The van der Waals surface area contributed by atoms with Gasteiger partial charge in [0.05, 0.1) is 19.1 Å². The molecule has 0 radical (unpaired) electrons. The summed E-state index contributed by atoms with van der Waals surface area (Å²) >= 11 is 1.57. The van der Waals surface area contributed by atoms with Gasteiger partial charge in [-0.3, -0.25) is 9.59 Å². The van der Waals surface area contributed by atoms with E-state index in [4.69, 9.17) is 14.5 Å². The number of benzene rings is 1. The number of amidine groups is 1. The van der Waals surface area contributed by atoms with Crippen LogP contribution in [0.5, 0.6) is 0 Å². The Bertz CT molecular complexity index is 1470. The van der Waals surface area contributed by atoms with E-state index in [1.807, 2.05) is 80.4 Å². The average Bonchev–Trinajstić information content (AvgIpc) is 3.79. The molecular weight excluding hydrogens is 653 g/mol. The zero-order valence-corrected chi connectivity index (χ0v) is 30.8. The van der Waals surface area contributed by atoms with E-state index in [1.165, 1.54) is 19.3 Å². The first kappa shape index (κ1) is 36.2. The summed E-state index contributed by atoms with van der Waals surface area (Å²) in [4.78, 5) is 54.1. The lowest BCUT2D eigenvalue weighted by molar-refractivity contribution is -0.146. The second-order valence-corrected chi connectivity index (χ2v) is 16.2. The summed E-state index contributed by atoms with van der Waals surface area (Å²) in [5, 5.41) is 8.04. The monoisotopic (exact) mass is 706 g/mol. The number of ether oxygens (including phenoxy) is 2. The van der Waals surface area contributed by atoms with Crippen molar-refractivity contribution in [3.63, 3.8) is 0 Å². The van der Waals surface area contributed by atoms with Gasteiger partial charge < -0.3 is 34.8 Å². The number of hydrogen-bond donors (Lipinski definition) is 2. The van der Waals surface area contributed by atoms with E-state index in [-0.39, 0.29) is 43.0 Å². The molecular formula is C38H54N6O5S. The summed E-state index contributed by atoms with van der Waals surface area (Å²) in [5.74, 6) is -0.538. The molecule has 6 rings (SSSR count). The van der Waals surface area contributed by atoms with Gasteiger partial charge in [-0.1, -0.05) is 42.8 Å². The van der Waals surface area contributed by atoms with Crippen molar-refractivity contribution < 1.29 is 23.9 Å². The van der Waals surface area contributed by atoms with E-state index in [0.29, 0.717) is 25.2 Å². The predicted molar refractivity (Wildman–Crippen MR) is 195 cm³/mol. The zero-order valence-electron chi connectivity index (χ0n) is 30.0. The lowest BCUT2D eigenvalue weighted by Crippen LogP contribution is -2.65. The smallest absolute Gasteiger partial charge is 0.408 e. The van der Waals surface area contributed by atoms with E-state index in [9.17, 15) is 14.4 Å². The number of aliphatic imine (C=N–C) groups is 1. The maximum atomic E-state index is 14.7. The topological polar surface area (TPSA) is 116 Å². The number of nitrogens with one attached hydrogen (secondary N) is 2. The quantitative estimate of drug-likeness (QED) is 0.382. The number of hydrogen-bond acceptors (Lipinski definition) is 9. The van der Waals surface area contributed by atoms with Gasteiger partial charge in [-0.05, 0) is 102 Å². The Morgan fingerprint density at radius 3 is 2.40 bits per heavy atom. The van der Waals surface area contributed by atoms with Crippen LogP contribution in [0, 0.1) is 5.92 Å². The van der Waals surface area contributed by atoms with E-state index < -0.39 is 23.8 Å². The van der Waals surface area contributed by atoms with Crippen molar-refractivity contribution in [3.05, 3.63) is 58.3 Å². The highest BCUT2D eigenvalue weighted by Crippen LogP contribution is 2.34. The van der Waals surface area contributed by atoms with Gasteiger partial charge in [0.25, 0.3) is 6.02 Å². The molecule has 2 N–H and O–H groups in total. The van der Waals surface area contributed by atoms with Crippen molar-refractivity contribution >= 4 is 35.3 Å². The zero-order chi connectivity index (χ0) is 35.3. The molecule has 3 aliphatic heterocycles. The predicted octanol–water partition coefficient (Wildman–Crippen LogP) is 5.33. The first-order valence-corrected chi connectivity index (χ1v) is 19.3. The molecule has 12 heteroatoms. The number of carbonyl (C=O) groups is 3. The van der Waals surface area contributed by atoms with Crippen LogP contribution in [0.2, 0.25) is 0 Å². The van der Waals surface area contributed by atoms with Gasteiger partial charge in [-0.15, -0.1) is 11.3 Å². The van der Waals surface area contributed by atoms with Crippen LogP contribution in [0.3, 0.4) is 0 Å². The minimum absolute atomic E-state index is 0.0565. The molecule has 0 unspecified atom stereocenters. The number of carbonyl (C=O) groups excluding carboxylic acids is 3. The molecule has 1 aromatic carbocycles. The highest BCUT2D eigenvalue weighted by Gasteiger charge is 2.44. The number of thiophene rings is 1. The number of piperazine rings is 1. The Balaban J connectivity index is 1.20. The first-order chi connectivity index (χ1) is 24.1. The summed E-state index contributed by atoms with van der Waals surface area (Å²) in [6, 6.07) is 13.3. The molecule has 0 bridgehead atoms. The van der Waals surface area contributed by atoms with E-state index in [0.717, 1.165) is 49.2 Å². The number of rotatable bonds is 8. The molecule has 50 heavy (non-hydrogen) atoms. The highest BCUT2D eigenvalue weighted by molar-refractivity contribution is 7.09. The second-order valence-electron chi connectivity index (χ2n) is 15.2. The third-order valence-electron chi connectivity index (χ3n) is 10.4. The lowest BCUT2D eigenvalue weighted by Gasteiger charge is -2.44. The van der Waals surface area contributed by atoms with Crippen LogP contribution in [0.15, 0.2) is 52.8 Å². The molecule has 4 aliphatic rings. The summed E-state index contributed by atoms with van der Waals surface area (Å²) < 4.78 is 12.1. The second kappa shape index (κ2) is 16.1. The van der Waals surface area contributed by atoms with Crippen LogP contribution in [-0.2, 0) is 25.6 Å². The minimum atomic E-state index is -0.804. The number of piperidine rings is 1. The maximum Gasteiger partial charge on any atom is 0.408 e. The van der Waals surface area contributed by atoms with Gasteiger partial charge in [0.1, 0.15) is 23.8 Å². The number of nitrogens with zero attached hydrogens (tertiary/aromatic N) is 4. The van der Waals surface area contributed by atoms with Crippen molar-refractivity contribution in [2.45, 2.75) is 115 Å². The molecule has 4 heterocycles. The van der Waals surface area contributed by atoms with Crippen LogP contribution in [-0.4, -0.2) is 101 Å². The fourth-order valence-electron chi connectivity index (χ4n) is 7.86. The van der Waals surface area contributed by atoms with Crippen LogP contribution >= 0.6 is 11.3 Å². The fraction of sp³-hybridized carbons (Fsp3) is 0.632. The van der Waals surface area contributed by atoms with Crippen molar-refractivity contribution in [3.8, 4) is 0 Å². The van der Waals surface area contributed by atoms with Gasteiger partial charge in [-0.25, -0.2) is 9.79 Å². The van der Waals surface area contributed by atoms with Crippen LogP contribution in [0.1, 0.15) is 89.2 Å². The lowest BCUT2D eigenvalue weighted by atomic mass is 9.80. The summed E-state index contributed by atoms with van der Waals surface area (Å²) in [5.41, 5.74) is 0.333. The first-order valence-electron chi connectivity index (χ1n) is 18.4. The molecule has 0 spiro atoms. The van der Waals surface area contributed by atoms with E-state index in [1.54, 1.807) is 16.2 Å². The highest BCUT2D eigenvalue weighted by atomic mass is 32.1. The Labute approximate surface area is 300 Å². The summed E-state index contributed by atoms with van der Waals surface area (Å²) in [6.07, 6.45) is 6.57. The number of amides is 3. The molecule has 2 saturated heterocycles. The molecule has 1 saturated carbocycles. The molecule has 3 amide bonds. The molecule has 272 valence electrons. The minimum Gasteiger partial charge on any atom is -0.455 e. The molecule has 1 aliphatic carbocycles. The summed E-state index contributed by atoms with van der Waals surface area (Å²) in [7, 11) is 0. The molecule has 11 nitrogen and oxygen atoms in total. The average molecular weight is 707 g/mol. The number of alkyl carbamates (subject to hydrolysis) is 1. The third-order valence-corrected chi connectivity index (χ3v) is 11.3. The van der Waals surface area contributed by atoms with E-state index in [2.05, 4.69) is 15.5 Å². The Morgan fingerprint density at radius 2 is 1.72 bits per heavy atom. The largest absolute Gasteiger partial charge is 0.455 e. The van der Waals surface area contributed by atoms with Gasteiger partial charge >= 0.3 is 6.09 Å². The van der Waals surface area contributed by atoms with Gasteiger partial charge in [0, 0.05) is 24.0 Å². The number of likely N-dealkylation sites (tertiary alicyclic amines) is 1. The Hall–Kier alpha value is -3.64. The molecule has 2 aromatic rings. The van der Waals surface area contributed by atoms with E-state index >= 15 is 0 Å². The van der Waals surface area contributed by atoms with Crippen LogP contribution in [0.25, 0.3) is 0 Å². The normalized spacial score (nSPS) is 26.8. The molecule has 4 atom stereocenters. The Kier molecular flexibility index (Phi) is 11.7. The Morgan fingerprint density at radius 1 is 0.980 bits per heavy atom. The third kappa shape index (κ3) is 8.98. The molecule has 1 aromatic heterocycles. The van der Waals surface area contributed by atoms with Crippen LogP contribution < -0.4 is 10.6 Å². The van der Waals surface area contributed by atoms with Gasteiger partial charge in [0.15, 0.2) is 0 Å². The summed E-state index contributed by atoms with van der Waals surface area (Å²) in [6.45, 7) is 11.1. The van der Waals surface area contributed by atoms with Crippen LogP contribution in [0.4, 0.5) is 4.79 Å². The fourth-order valence-corrected chi connectivity index (χ4v) is 8.50. The van der Waals surface area contributed by atoms with Gasteiger partial charge in [-0.2, -0.15) is 0 Å². The van der Waals surface area contributed by atoms with Crippen molar-refractivity contribution in [2.24, 2.45) is 10.9 Å². The van der Waals surface area contributed by atoms with Gasteiger partial charge in [0.2, 0.25) is 11.8 Å². The SMILES string of the molecule is C[C@@H]1N=C(N2CCN(C(=O)[C@H](NC(=O)OC(C)(C)C)C3CCC(N4CCCCC4)CC3)[C@H](C(=O)NCc3cccs3)C2)O[C@H]1c1ccccc1. The van der Waals surface area contributed by atoms with Crippen molar-refractivity contribution in [1.29, 1.82) is 0 Å². The van der Waals surface area contributed by atoms with Crippen molar-refractivity contribution in [2.75, 3.05) is 32.7 Å². The standard InChI is InChI=1S/C38H54N6O5S/c1-26-33(28-12-7-5-8-13-28)48-36(40-26)43-21-22-44(31(25-43)34(45)39-24-30-14-11-23-50-30)35(46)32(41-37(47)49-38(2,3)4)27-15-17-29(18-16-27)42-19-9-6-10-20-42/h5,7-8,11-14,23,26-27,29,31-33H,6,9-10,15-22,24-25H2,1-4H3,(H,39,45)(H,41,47)/t26-,27?,29?,31-,32+,33+/m0/s1. The van der Waals surface area contributed by atoms with Crippen molar-refractivity contribution in [1.82, 2.24) is 25.3 Å². The maximum absolute atomic E-state index is 14.7.